The number of nitrogens with zero attached hydrogens (tertiary/aromatic N) is 1. The fourth-order valence-electron chi connectivity index (χ4n) is 3.13. The Kier molecular flexibility index (Phi) is 2.89. The molecule has 1 saturated carbocycles. The predicted molar refractivity (Wildman–Crippen MR) is 69.9 cm³/mol. The first-order valence-corrected chi connectivity index (χ1v) is 6.45. The van der Waals surface area contributed by atoms with Crippen molar-refractivity contribution in [2.45, 2.75) is 58.7 Å². The molecular formula is C13H25N3O. The van der Waals surface area contributed by atoms with E-state index in [-0.39, 0.29) is 11.0 Å². The average molecular weight is 239 g/mol. The minimum Gasteiger partial charge on any atom is -0.377 e. The molecular weight excluding hydrogens is 214 g/mol. The molecule has 0 aromatic carbocycles. The van der Waals surface area contributed by atoms with Crippen LogP contribution in [0.3, 0.4) is 0 Å². The molecule has 98 valence electrons. The summed E-state index contributed by atoms with van der Waals surface area (Å²) in [5.74, 6) is 1.12. The molecule has 3 N–H and O–H groups in total. The minimum atomic E-state index is -0.0347. The normalized spacial score (nSPS) is 36.3. The molecule has 0 radical (unpaired) electrons. The highest BCUT2D eigenvalue weighted by Gasteiger charge is 2.59. The molecule has 1 aliphatic carbocycles. The van der Waals surface area contributed by atoms with E-state index >= 15 is 0 Å². The van der Waals surface area contributed by atoms with Gasteiger partial charge in [0.05, 0.1) is 12.1 Å². The van der Waals surface area contributed by atoms with Gasteiger partial charge in [0, 0.05) is 23.5 Å². The van der Waals surface area contributed by atoms with Crippen LogP contribution in [0.2, 0.25) is 0 Å². The van der Waals surface area contributed by atoms with Crippen molar-refractivity contribution in [3.63, 3.8) is 0 Å². The third kappa shape index (κ3) is 2.28. The van der Waals surface area contributed by atoms with E-state index in [9.17, 15) is 0 Å². The van der Waals surface area contributed by atoms with E-state index < -0.39 is 0 Å². The first-order chi connectivity index (χ1) is 7.72. The Morgan fingerprint density at radius 2 is 2.06 bits per heavy atom. The highest BCUT2D eigenvalue weighted by molar-refractivity contribution is 5.79. The molecule has 0 spiro atoms. The summed E-state index contributed by atoms with van der Waals surface area (Å²) in [4.78, 5) is 4.67. The maximum Gasteiger partial charge on any atom is 0.189 e. The van der Waals surface area contributed by atoms with Crippen LogP contribution in [0.4, 0.5) is 0 Å². The van der Waals surface area contributed by atoms with Crippen molar-refractivity contribution in [1.29, 1.82) is 0 Å². The maximum atomic E-state index is 5.97. The highest BCUT2D eigenvalue weighted by atomic mass is 16.5. The van der Waals surface area contributed by atoms with Gasteiger partial charge in [-0.15, -0.1) is 0 Å². The number of rotatable bonds is 1. The number of ether oxygens (including phenoxy) is 1. The van der Waals surface area contributed by atoms with Gasteiger partial charge in [-0.1, -0.05) is 13.8 Å². The zero-order chi connectivity index (χ0) is 12.8. The third-order valence-electron chi connectivity index (χ3n) is 3.82. The Morgan fingerprint density at radius 3 is 2.65 bits per heavy atom. The molecule has 3 unspecified atom stereocenters. The van der Waals surface area contributed by atoms with Crippen molar-refractivity contribution in [1.82, 2.24) is 5.32 Å². The summed E-state index contributed by atoms with van der Waals surface area (Å²) in [5, 5.41) is 3.22. The van der Waals surface area contributed by atoms with E-state index in [0.29, 0.717) is 24.0 Å². The van der Waals surface area contributed by atoms with Crippen LogP contribution >= 0.6 is 0 Å². The summed E-state index contributed by atoms with van der Waals surface area (Å²) in [5.41, 5.74) is 6.05. The molecule has 4 heteroatoms. The third-order valence-corrected chi connectivity index (χ3v) is 3.82. The molecule has 2 fully saturated rings. The summed E-state index contributed by atoms with van der Waals surface area (Å²) in [6, 6.07) is 0.296. The fraction of sp³-hybridized carbons (Fsp3) is 0.923. The SMILES string of the molecule is CC(C)(C)NC(N)=NC1C2CCOC2C1(C)C. The predicted octanol–water partition coefficient (Wildman–Crippen LogP) is 1.50. The zero-order valence-corrected chi connectivity index (χ0v) is 11.6. The van der Waals surface area contributed by atoms with Crippen LogP contribution in [0.1, 0.15) is 41.0 Å². The second-order valence-corrected chi connectivity index (χ2v) is 6.90. The monoisotopic (exact) mass is 239 g/mol. The van der Waals surface area contributed by atoms with Gasteiger partial charge in [-0.2, -0.15) is 0 Å². The van der Waals surface area contributed by atoms with Crippen molar-refractivity contribution in [3.05, 3.63) is 0 Å². The van der Waals surface area contributed by atoms with Gasteiger partial charge in [0.25, 0.3) is 0 Å². The smallest absolute Gasteiger partial charge is 0.189 e. The van der Waals surface area contributed by atoms with E-state index in [2.05, 4.69) is 44.9 Å². The van der Waals surface area contributed by atoms with Crippen molar-refractivity contribution in [3.8, 4) is 0 Å². The number of fused-ring (bicyclic) bond motifs is 1. The number of guanidine groups is 1. The van der Waals surface area contributed by atoms with Gasteiger partial charge >= 0.3 is 0 Å². The highest BCUT2D eigenvalue weighted by Crippen LogP contribution is 2.53. The molecule has 3 atom stereocenters. The van der Waals surface area contributed by atoms with Crippen LogP contribution in [0, 0.1) is 11.3 Å². The summed E-state index contributed by atoms with van der Waals surface area (Å²) in [7, 11) is 0. The largest absolute Gasteiger partial charge is 0.377 e. The van der Waals surface area contributed by atoms with Crippen LogP contribution < -0.4 is 11.1 Å². The van der Waals surface area contributed by atoms with E-state index in [0.717, 1.165) is 13.0 Å². The van der Waals surface area contributed by atoms with Gasteiger partial charge in [0.15, 0.2) is 5.96 Å². The number of hydrogen-bond donors (Lipinski definition) is 2. The van der Waals surface area contributed by atoms with Crippen LogP contribution in [0.5, 0.6) is 0 Å². The Balaban J connectivity index is 2.06. The van der Waals surface area contributed by atoms with Crippen LogP contribution in [-0.2, 0) is 4.74 Å². The average Bonchev–Trinajstić information content (AvgIpc) is 2.57. The molecule has 0 aromatic heterocycles. The lowest BCUT2D eigenvalue weighted by atomic mass is 9.57. The van der Waals surface area contributed by atoms with E-state index in [1.807, 2.05) is 0 Å². The molecule has 2 rings (SSSR count). The topological polar surface area (TPSA) is 59.6 Å². The summed E-state index contributed by atoms with van der Waals surface area (Å²) >= 11 is 0. The summed E-state index contributed by atoms with van der Waals surface area (Å²) in [6.07, 6.45) is 1.49. The molecule has 1 aliphatic heterocycles. The quantitative estimate of drug-likeness (QED) is 0.538. The van der Waals surface area contributed by atoms with Gasteiger partial charge in [-0.05, 0) is 27.2 Å². The number of hydrogen-bond acceptors (Lipinski definition) is 2. The van der Waals surface area contributed by atoms with Crippen molar-refractivity contribution >= 4 is 5.96 Å². The van der Waals surface area contributed by atoms with Gasteiger partial charge in [-0.25, -0.2) is 4.99 Å². The van der Waals surface area contributed by atoms with Gasteiger partial charge < -0.3 is 15.8 Å². The van der Waals surface area contributed by atoms with Crippen molar-refractivity contribution in [2.75, 3.05) is 6.61 Å². The number of nitrogens with two attached hydrogens (primary N) is 1. The van der Waals surface area contributed by atoms with E-state index in [1.54, 1.807) is 0 Å². The Hall–Kier alpha value is -0.770. The van der Waals surface area contributed by atoms with Crippen molar-refractivity contribution < 1.29 is 4.74 Å². The maximum absolute atomic E-state index is 5.97. The molecule has 1 heterocycles. The summed E-state index contributed by atoms with van der Waals surface area (Å²) in [6.45, 7) is 11.6. The summed E-state index contributed by atoms with van der Waals surface area (Å²) < 4.78 is 5.75. The number of nitrogens with one attached hydrogen (secondary N) is 1. The molecule has 1 saturated heterocycles. The molecule has 0 aromatic rings. The molecule has 4 nitrogen and oxygen atoms in total. The molecule has 0 amide bonds. The first kappa shape index (κ1) is 12.7. The molecule has 0 bridgehead atoms. The minimum absolute atomic E-state index is 0.0347. The van der Waals surface area contributed by atoms with Gasteiger partial charge in [0.1, 0.15) is 0 Å². The lowest BCUT2D eigenvalue weighted by Gasteiger charge is -2.52. The molecule has 17 heavy (non-hydrogen) atoms. The Morgan fingerprint density at radius 1 is 1.41 bits per heavy atom. The van der Waals surface area contributed by atoms with Crippen molar-refractivity contribution in [2.24, 2.45) is 22.1 Å². The second kappa shape index (κ2) is 3.87. The second-order valence-electron chi connectivity index (χ2n) is 6.90. The Bertz CT molecular complexity index is 330. The van der Waals surface area contributed by atoms with Gasteiger partial charge in [0.2, 0.25) is 0 Å². The Labute approximate surface area is 104 Å². The van der Waals surface area contributed by atoms with E-state index in [4.69, 9.17) is 10.5 Å². The fourth-order valence-corrected chi connectivity index (χ4v) is 3.13. The molecule has 2 aliphatic rings. The first-order valence-electron chi connectivity index (χ1n) is 6.45. The van der Waals surface area contributed by atoms with Crippen LogP contribution in [-0.4, -0.2) is 30.3 Å². The van der Waals surface area contributed by atoms with Crippen LogP contribution in [0.15, 0.2) is 4.99 Å². The van der Waals surface area contributed by atoms with Gasteiger partial charge in [-0.3, -0.25) is 0 Å². The van der Waals surface area contributed by atoms with Crippen LogP contribution in [0.25, 0.3) is 0 Å². The zero-order valence-electron chi connectivity index (χ0n) is 11.6. The lowest BCUT2D eigenvalue weighted by Crippen LogP contribution is -2.60. The standard InChI is InChI=1S/C13H25N3O/c1-12(2,3)16-11(14)15-9-8-6-7-17-10(8)13(9,4)5/h8-10H,6-7H2,1-5H3,(H3,14,15,16). The number of aliphatic imine (C=N–C) groups is 1. The van der Waals surface area contributed by atoms with E-state index in [1.165, 1.54) is 0 Å². The lowest BCUT2D eigenvalue weighted by molar-refractivity contribution is -0.0986.